The topological polar surface area (TPSA) is 86.6 Å². The first kappa shape index (κ1) is 25.3. The Morgan fingerprint density at radius 1 is 1.23 bits per heavy atom. The van der Waals surface area contributed by atoms with Gasteiger partial charge in [0.25, 0.3) is 0 Å². The molecule has 5 heterocycles. The second-order valence-corrected chi connectivity index (χ2v) is 11.3. The zero-order valence-corrected chi connectivity index (χ0v) is 22.4. The molecule has 4 aromatic rings. The Bertz CT molecular complexity index is 1600. The van der Waals surface area contributed by atoms with Crippen LogP contribution in [-0.2, 0) is 0 Å². The van der Waals surface area contributed by atoms with Crippen molar-refractivity contribution in [2.24, 2.45) is 0 Å². The molecule has 0 spiro atoms. The molecule has 0 bridgehead atoms. The summed E-state index contributed by atoms with van der Waals surface area (Å²) in [5, 5.41) is 15.8. The zero-order valence-electron chi connectivity index (χ0n) is 22.4. The second kappa shape index (κ2) is 9.78. The predicted molar refractivity (Wildman–Crippen MR) is 150 cm³/mol. The Labute approximate surface area is 231 Å². The SMILES string of the molecule is CN(c1nc(OC[C@@]23CCCN2C[C@H](F)C3)nc2c(F)c(-c3cc(O)cc4ccccc34)ncc12)[C@@H]1CCNC1. The molecule has 10 heteroatoms. The van der Waals surface area contributed by atoms with Gasteiger partial charge in [-0.05, 0) is 55.3 Å². The van der Waals surface area contributed by atoms with Crippen LogP contribution in [-0.4, -0.2) is 82.5 Å². The summed E-state index contributed by atoms with van der Waals surface area (Å²) in [6.45, 7) is 3.21. The molecule has 7 rings (SSSR count). The average molecular weight is 547 g/mol. The molecule has 3 aliphatic heterocycles. The molecule has 3 fully saturated rings. The number of benzene rings is 2. The third kappa shape index (κ3) is 4.21. The highest BCUT2D eigenvalue weighted by Gasteiger charge is 2.49. The van der Waals surface area contributed by atoms with Crippen molar-refractivity contribution < 1.29 is 18.6 Å². The monoisotopic (exact) mass is 546 g/mol. The normalized spacial score (nSPS) is 24.7. The van der Waals surface area contributed by atoms with Gasteiger partial charge in [0.05, 0.1) is 10.9 Å². The van der Waals surface area contributed by atoms with Gasteiger partial charge < -0.3 is 20.1 Å². The maximum absolute atomic E-state index is 16.4. The van der Waals surface area contributed by atoms with E-state index in [0.29, 0.717) is 29.7 Å². The summed E-state index contributed by atoms with van der Waals surface area (Å²) in [5.74, 6) is -0.0352. The molecule has 0 amide bonds. The van der Waals surface area contributed by atoms with Gasteiger partial charge in [0.15, 0.2) is 5.82 Å². The zero-order chi connectivity index (χ0) is 27.4. The van der Waals surface area contributed by atoms with Crippen molar-refractivity contribution in [3.8, 4) is 23.0 Å². The third-order valence-corrected chi connectivity index (χ3v) is 8.89. The Morgan fingerprint density at radius 3 is 2.95 bits per heavy atom. The van der Waals surface area contributed by atoms with E-state index < -0.39 is 12.0 Å². The van der Waals surface area contributed by atoms with Gasteiger partial charge in [0.2, 0.25) is 0 Å². The van der Waals surface area contributed by atoms with Gasteiger partial charge >= 0.3 is 6.01 Å². The van der Waals surface area contributed by atoms with Crippen molar-refractivity contribution in [2.45, 2.75) is 43.4 Å². The van der Waals surface area contributed by atoms with Crippen LogP contribution in [0.15, 0.2) is 42.6 Å². The number of likely N-dealkylation sites (N-methyl/N-ethyl adjacent to an activating group) is 1. The molecular formula is C30H32F2N6O2. The van der Waals surface area contributed by atoms with Crippen molar-refractivity contribution in [2.75, 3.05) is 44.7 Å². The number of hydrogen-bond acceptors (Lipinski definition) is 8. The van der Waals surface area contributed by atoms with Crippen LogP contribution in [0.5, 0.6) is 11.8 Å². The van der Waals surface area contributed by atoms with E-state index in [9.17, 15) is 9.50 Å². The van der Waals surface area contributed by atoms with Crippen LogP contribution in [0.2, 0.25) is 0 Å². The Morgan fingerprint density at radius 2 is 2.10 bits per heavy atom. The summed E-state index contributed by atoms with van der Waals surface area (Å²) in [6, 6.07) is 10.9. The van der Waals surface area contributed by atoms with Crippen molar-refractivity contribution in [1.29, 1.82) is 0 Å². The Kier molecular flexibility index (Phi) is 6.20. The molecule has 8 nitrogen and oxygen atoms in total. The van der Waals surface area contributed by atoms with Crippen LogP contribution < -0.4 is 15.0 Å². The van der Waals surface area contributed by atoms with Crippen LogP contribution in [0, 0.1) is 5.82 Å². The van der Waals surface area contributed by atoms with Crippen LogP contribution in [0.1, 0.15) is 25.7 Å². The van der Waals surface area contributed by atoms with E-state index >= 15 is 4.39 Å². The van der Waals surface area contributed by atoms with Gasteiger partial charge in [0, 0.05) is 44.4 Å². The minimum Gasteiger partial charge on any atom is -0.508 e. The molecule has 3 saturated heterocycles. The average Bonchev–Trinajstić information content (AvgIpc) is 3.68. The van der Waals surface area contributed by atoms with Crippen molar-refractivity contribution in [1.82, 2.24) is 25.2 Å². The molecule has 208 valence electrons. The summed E-state index contributed by atoms with van der Waals surface area (Å²) in [6.07, 6.45) is 3.94. The molecule has 2 N–H and O–H groups in total. The van der Waals surface area contributed by atoms with E-state index in [1.54, 1.807) is 12.3 Å². The van der Waals surface area contributed by atoms with Gasteiger partial charge in [0.1, 0.15) is 35.6 Å². The molecule has 0 unspecified atom stereocenters. The quantitative estimate of drug-likeness (QED) is 0.367. The summed E-state index contributed by atoms with van der Waals surface area (Å²) in [5.41, 5.74) is 0.302. The predicted octanol–water partition coefficient (Wildman–Crippen LogP) is 4.44. The first-order chi connectivity index (χ1) is 19.4. The highest BCUT2D eigenvalue weighted by atomic mass is 19.1. The van der Waals surface area contributed by atoms with Crippen LogP contribution in [0.25, 0.3) is 32.9 Å². The fourth-order valence-corrected chi connectivity index (χ4v) is 6.82. The fraction of sp³-hybridized carbons (Fsp3) is 0.433. The van der Waals surface area contributed by atoms with E-state index in [4.69, 9.17) is 9.72 Å². The maximum Gasteiger partial charge on any atom is 0.319 e. The highest BCUT2D eigenvalue weighted by Crippen LogP contribution is 2.41. The number of aromatic nitrogens is 3. The lowest BCUT2D eigenvalue weighted by Crippen LogP contribution is -2.43. The summed E-state index contributed by atoms with van der Waals surface area (Å²) in [4.78, 5) is 18.0. The molecule has 3 aliphatic rings. The van der Waals surface area contributed by atoms with Crippen LogP contribution >= 0.6 is 0 Å². The number of halogens is 2. The number of pyridine rings is 1. The van der Waals surface area contributed by atoms with Gasteiger partial charge in [-0.2, -0.15) is 9.97 Å². The van der Waals surface area contributed by atoms with Gasteiger partial charge in [-0.1, -0.05) is 24.3 Å². The molecule has 2 aromatic carbocycles. The first-order valence-electron chi connectivity index (χ1n) is 14.0. The number of nitrogens with one attached hydrogen (secondary N) is 1. The number of alkyl halides is 1. The largest absolute Gasteiger partial charge is 0.508 e. The van der Waals surface area contributed by atoms with Crippen molar-refractivity contribution in [3.05, 3.63) is 48.4 Å². The standard InChI is InChI=1S/C30H32F2N6O2/c1-37(20-7-9-33-14-20)28-24-15-34-26(23-12-21(39)11-18-5-2-3-6-22(18)23)25(32)27(24)35-29(36-28)40-17-30-8-4-10-38(30)16-19(31)13-30/h2-3,5-6,11-12,15,19-20,33,39H,4,7-10,13-14,16-17H2,1H3/t19-,20-,30+/m1/s1. The second-order valence-electron chi connectivity index (χ2n) is 11.3. The Hall–Kier alpha value is -3.63. The molecule has 3 atom stereocenters. The number of fused-ring (bicyclic) bond motifs is 3. The number of aromatic hydroxyl groups is 1. The molecule has 40 heavy (non-hydrogen) atoms. The van der Waals surface area contributed by atoms with E-state index in [0.717, 1.165) is 49.7 Å². The Balaban J connectivity index is 1.34. The van der Waals surface area contributed by atoms with E-state index in [2.05, 4.69) is 20.2 Å². The lowest BCUT2D eigenvalue weighted by Gasteiger charge is -2.31. The van der Waals surface area contributed by atoms with Gasteiger partial charge in [-0.25, -0.2) is 8.78 Å². The van der Waals surface area contributed by atoms with Gasteiger partial charge in [-0.15, -0.1) is 0 Å². The van der Waals surface area contributed by atoms with E-state index in [-0.39, 0.29) is 41.2 Å². The molecule has 0 aliphatic carbocycles. The van der Waals surface area contributed by atoms with Crippen LogP contribution in [0.4, 0.5) is 14.6 Å². The minimum absolute atomic E-state index is 0.0268. The molecular weight excluding hydrogens is 514 g/mol. The summed E-state index contributed by atoms with van der Waals surface area (Å²) >= 11 is 0. The number of nitrogens with zero attached hydrogens (tertiary/aromatic N) is 5. The number of phenolic OH excluding ortho intramolecular Hbond substituents is 1. The smallest absolute Gasteiger partial charge is 0.319 e. The molecule has 0 saturated carbocycles. The fourth-order valence-electron chi connectivity index (χ4n) is 6.82. The molecule has 2 aromatic heterocycles. The number of rotatable bonds is 6. The summed E-state index contributed by atoms with van der Waals surface area (Å²) < 4.78 is 37.0. The van der Waals surface area contributed by atoms with Crippen LogP contribution in [0.3, 0.4) is 0 Å². The van der Waals surface area contributed by atoms with E-state index in [1.807, 2.05) is 36.2 Å². The lowest BCUT2D eigenvalue weighted by atomic mass is 9.95. The number of ether oxygens (including phenoxy) is 1. The molecule has 0 radical (unpaired) electrons. The summed E-state index contributed by atoms with van der Waals surface area (Å²) in [7, 11) is 1.94. The van der Waals surface area contributed by atoms with Crippen molar-refractivity contribution >= 4 is 27.5 Å². The number of anilines is 1. The van der Waals surface area contributed by atoms with Crippen molar-refractivity contribution in [3.63, 3.8) is 0 Å². The maximum atomic E-state index is 16.4. The number of hydrogen-bond donors (Lipinski definition) is 2. The highest BCUT2D eigenvalue weighted by molar-refractivity contribution is 5.99. The third-order valence-electron chi connectivity index (χ3n) is 8.89. The lowest BCUT2D eigenvalue weighted by molar-refractivity contribution is 0.107. The number of phenols is 1. The minimum atomic E-state index is -0.874. The first-order valence-corrected chi connectivity index (χ1v) is 14.0. The van der Waals surface area contributed by atoms with E-state index in [1.165, 1.54) is 6.07 Å². The van der Waals surface area contributed by atoms with Gasteiger partial charge in [-0.3, -0.25) is 9.88 Å².